The Morgan fingerprint density at radius 2 is 1.59 bits per heavy atom. The second-order valence-electron chi connectivity index (χ2n) is 7.63. The molecule has 2 aromatic rings. The molecule has 32 heavy (non-hydrogen) atoms. The first-order valence-corrected chi connectivity index (χ1v) is 10.1. The Balaban J connectivity index is 2.21. The van der Waals surface area contributed by atoms with Crippen molar-refractivity contribution < 1.29 is 28.9 Å². The van der Waals surface area contributed by atoms with Crippen molar-refractivity contribution in [3.8, 4) is 17.2 Å². The number of aliphatic hydroxyl groups is 1. The Labute approximate surface area is 187 Å². The summed E-state index contributed by atoms with van der Waals surface area (Å²) in [5, 5.41) is 11.1. The van der Waals surface area contributed by atoms with Crippen LogP contribution in [0.3, 0.4) is 0 Å². The third-order valence-corrected chi connectivity index (χ3v) is 5.42. The second kappa shape index (κ2) is 9.74. The highest BCUT2D eigenvalue weighted by Gasteiger charge is 2.47. The number of nitrogens with zero attached hydrogens (tertiary/aromatic N) is 2. The van der Waals surface area contributed by atoms with Crippen LogP contribution < -0.4 is 14.2 Å². The molecule has 0 radical (unpaired) electrons. The predicted molar refractivity (Wildman–Crippen MR) is 120 cm³/mol. The number of carbonyl (C=O) groups excluding carboxylic acids is 2. The van der Waals surface area contributed by atoms with Crippen molar-refractivity contribution in [2.75, 3.05) is 48.5 Å². The fraction of sp³-hybridized carbons (Fsp3) is 0.333. The number of amides is 1. The maximum Gasteiger partial charge on any atom is 0.295 e. The Hall–Kier alpha value is -3.52. The summed E-state index contributed by atoms with van der Waals surface area (Å²) in [6.07, 6.45) is 0. The lowest BCUT2D eigenvalue weighted by Crippen LogP contribution is -2.35. The molecule has 3 rings (SSSR count). The predicted octanol–water partition coefficient (Wildman–Crippen LogP) is 2.70. The number of rotatable bonds is 8. The molecular formula is C24H28N2O6. The molecule has 2 aromatic carbocycles. The Bertz CT molecular complexity index is 1030. The number of carbonyl (C=O) groups is 2. The molecule has 0 aliphatic carbocycles. The Morgan fingerprint density at radius 1 is 0.969 bits per heavy atom. The zero-order chi connectivity index (χ0) is 23.4. The molecule has 1 fully saturated rings. The molecule has 8 heteroatoms. The fourth-order valence-electron chi connectivity index (χ4n) is 3.70. The smallest absolute Gasteiger partial charge is 0.295 e. The number of likely N-dealkylation sites (N-methyl/N-ethyl adjacent to an activating group) is 1. The molecule has 1 atom stereocenters. The highest BCUT2D eigenvalue weighted by atomic mass is 16.5. The number of hydrogen-bond acceptors (Lipinski definition) is 7. The van der Waals surface area contributed by atoms with Crippen molar-refractivity contribution in [2.45, 2.75) is 6.04 Å². The molecule has 1 saturated heterocycles. The van der Waals surface area contributed by atoms with E-state index in [-0.39, 0.29) is 11.3 Å². The van der Waals surface area contributed by atoms with Crippen LogP contribution in [-0.4, -0.2) is 75.1 Å². The Kier molecular flexibility index (Phi) is 7.05. The summed E-state index contributed by atoms with van der Waals surface area (Å²) in [7, 11) is 8.36. The summed E-state index contributed by atoms with van der Waals surface area (Å²) in [6, 6.07) is 11.0. The highest BCUT2D eigenvalue weighted by molar-refractivity contribution is 6.46. The minimum atomic E-state index is -0.831. The molecule has 1 amide bonds. The van der Waals surface area contributed by atoms with E-state index in [4.69, 9.17) is 14.2 Å². The zero-order valence-corrected chi connectivity index (χ0v) is 18.9. The van der Waals surface area contributed by atoms with Crippen LogP contribution in [0.25, 0.3) is 5.76 Å². The van der Waals surface area contributed by atoms with Crippen LogP contribution in [0.4, 0.5) is 0 Å². The molecule has 1 aliphatic rings. The molecule has 0 spiro atoms. The van der Waals surface area contributed by atoms with E-state index >= 15 is 0 Å². The van der Waals surface area contributed by atoms with Crippen molar-refractivity contribution in [3.63, 3.8) is 0 Å². The molecule has 1 heterocycles. The standard InChI is InChI=1S/C24H28N2O6/c1-25(2)12-13-26-21(18-14-17(31-4)10-11-19(18)32-5)20(23(28)24(26)29)22(27)15-6-8-16(30-3)9-7-15/h6-11,14,21,27H,12-13H2,1-5H3/b22-20-. The summed E-state index contributed by atoms with van der Waals surface area (Å²) in [4.78, 5) is 29.5. The average molecular weight is 440 g/mol. The van der Waals surface area contributed by atoms with Gasteiger partial charge in [-0.05, 0) is 56.6 Å². The Morgan fingerprint density at radius 3 is 2.16 bits per heavy atom. The topological polar surface area (TPSA) is 88.5 Å². The number of benzene rings is 2. The van der Waals surface area contributed by atoms with E-state index < -0.39 is 17.7 Å². The van der Waals surface area contributed by atoms with E-state index in [9.17, 15) is 14.7 Å². The van der Waals surface area contributed by atoms with Crippen LogP contribution in [-0.2, 0) is 9.59 Å². The van der Waals surface area contributed by atoms with Crippen molar-refractivity contribution >= 4 is 17.4 Å². The summed E-state index contributed by atoms with van der Waals surface area (Å²) >= 11 is 0. The minimum absolute atomic E-state index is 0.00507. The SMILES string of the molecule is COc1ccc(/C(O)=C2/C(=O)C(=O)N(CCN(C)C)C2c2cc(OC)ccc2OC)cc1. The van der Waals surface area contributed by atoms with Gasteiger partial charge in [-0.3, -0.25) is 9.59 Å². The lowest BCUT2D eigenvalue weighted by Gasteiger charge is -2.28. The van der Waals surface area contributed by atoms with Gasteiger partial charge in [-0.15, -0.1) is 0 Å². The van der Waals surface area contributed by atoms with Gasteiger partial charge in [0, 0.05) is 24.2 Å². The van der Waals surface area contributed by atoms with E-state index in [1.54, 1.807) is 49.6 Å². The summed E-state index contributed by atoms with van der Waals surface area (Å²) < 4.78 is 16.1. The number of hydrogen-bond donors (Lipinski definition) is 1. The summed E-state index contributed by atoms with van der Waals surface area (Å²) in [6.45, 7) is 0.834. The van der Waals surface area contributed by atoms with Gasteiger partial charge in [0.05, 0.1) is 32.9 Å². The summed E-state index contributed by atoms with van der Waals surface area (Å²) in [5.41, 5.74) is 0.966. The van der Waals surface area contributed by atoms with Crippen LogP contribution in [0.15, 0.2) is 48.0 Å². The fourth-order valence-corrected chi connectivity index (χ4v) is 3.70. The zero-order valence-electron chi connectivity index (χ0n) is 18.9. The van der Waals surface area contributed by atoms with Gasteiger partial charge >= 0.3 is 0 Å². The molecule has 0 saturated carbocycles. The molecule has 0 aromatic heterocycles. The van der Waals surface area contributed by atoms with Crippen LogP contribution in [0, 0.1) is 0 Å². The normalized spacial score (nSPS) is 17.7. The first-order chi connectivity index (χ1) is 15.3. The average Bonchev–Trinajstić information content (AvgIpc) is 3.06. The third kappa shape index (κ3) is 4.40. The number of ketones is 1. The van der Waals surface area contributed by atoms with Gasteiger partial charge in [-0.25, -0.2) is 0 Å². The van der Waals surface area contributed by atoms with Crippen molar-refractivity contribution in [2.24, 2.45) is 0 Å². The molecule has 1 unspecified atom stereocenters. The van der Waals surface area contributed by atoms with Gasteiger partial charge in [0.25, 0.3) is 11.7 Å². The second-order valence-corrected chi connectivity index (χ2v) is 7.63. The number of Topliss-reactive ketones (excluding diaryl/α,β-unsaturated/α-hetero) is 1. The monoisotopic (exact) mass is 440 g/mol. The van der Waals surface area contributed by atoms with Gasteiger partial charge in [0.15, 0.2) is 0 Å². The van der Waals surface area contributed by atoms with Gasteiger partial charge in [-0.1, -0.05) is 0 Å². The van der Waals surface area contributed by atoms with E-state index in [0.29, 0.717) is 41.5 Å². The number of methoxy groups -OCH3 is 3. The molecule has 0 bridgehead atoms. The molecule has 1 N–H and O–H groups in total. The maximum atomic E-state index is 13.1. The largest absolute Gasteiger partial charge is 0.507 e. The van der Waals surface area contributed by atoms with E-state index in [2.05, 4.69) is 0 Å². The van der Waals surface area contributed by atoms with Gasteiger partial charge < -0.3 is 29.1 Å². The first-order valence-electron chi connectivity index (χ1n) is 10.1. The van der Waals surface area contributed by atoms with E-state index in [1.807, 2.05) is 19.0 Å². The van der Waals surface area contributed by atoms with Crippen LogP contribution >= 0.6 is 0 Å². The van der Waals surface area contributed by atoms with E-state index in [0.717, 1.165) is 0 Å². The van der Waals surface area contributed by atoms with Gasteiger partial charge in [0.2, 0.25) is 0 Å². The third-order valence-electron chi connectivity index (χ3n) is 5.42. The first kappa shape index (κ1) is 23.1. The molecular weight excluding hydrogens is 412 g/mol. The lowest BCUT2D eigenvalue weighted by molar-refractivity contribution is -0.140. The molecule has 1 aliphatic heterocycles. The summed E-state index contributed by atoms with van der Waals surface area (Å²) in [5.74, 6) is -0.0346. The lowest BCUT2D eigenvalue weighted by atomic mass is 9.94. The van der Waals surface area contributed by atoms with Crippen LogP contribution in [0.1, 0.15) is 17.2 Å². The molecule has 8 nitrogen and oxygen atoms in total. The van der Waals surface area contributed by atoms with E-state index in [1.165, 1.54) is 19.1 Å². The van der Waals surface area contributed by atoms with Crippen molar-refractivity contribution in [3.05, 3.63) is 59.2 Å². The number of likely N-dealkylation sites (tertiary alicyclic amines) is 1. The number of aliphatic hydroxyl groups excluding tert-OH is 1. The van der Waals surface area contributed by atoms with Gasteiger partial charge in [0.1, 0.15) is 23.0 Å². The van der Waals surface area contributed by atoms with Gasteiger partial charge in [-0.2, -0.15) is 0 Å². The molecule has 170 valence electrons. The highest BCUT2D eigenvalue weighted by Crippen LogP contribution is 2.43. The minimum Gasteiger partial charge on any atom is -0.507 e. The van der Waals surface area contributed by atoms with Crippen LogP contribution in [0.2, 0.25) is 0 Å². The quantitative estimate of drug-likeness (QED) is 0.384. The van der Waals surface area contributed by atoms with Crippen LogP contribution in [0.5, 0.6) is 17.2 Å². The number of ether oxygens (including phenoxy) is 3. The maximum absolute atomic E-state index is 13.1. The van der Waals surface area contributed by atoms with Crippen molar-refractivity contribution in [1.29, 1.82) is 0 Å². The van der Waals surface area contributed by atoms with Crippen molar-refractivity contribution in [1.82, 2.24) is 9.80 Å².